The molecule has 0 saturated carbocycles. The lowest BCUT2D eigenvalue weighted by Crippen LogP contribution is -2.22. The van der Waals surface area contributed by atoms with Gasteiger partial charge in [0.2, 0.25) is 5.92 Å². The highest BCUT2D eigenvalue weighted by molar-refractivity contribution is 5.68. The number of alkyl halides is 2. The second-order valence-electron chi connectivity index (χ2n) is 8.13. The summed E-state index contributed by atoms with van der Waals surface area (Å²) in [6.45, 7) is 3.07. The molecule has 0 bridgehead atoms. The number of aryl methyl sites for hydroxylation is 2. The van der Waals surface area contributed by atoms with Gasteiger partial charge < -0.3 is 15.2 Å². The van der Waals surface area contributed by atoms with Crippen molar-refractivity contribution in [2.75, 3.05) is 18.5 Å². The topological polar surface area (TPSA) is 97.2 Å². The van der Waals surface area contributed by atoms with Crippen LogP contribution in [0.1, 0.15) is 68.2 Å². The van der Waals surface area contributed by atoms with Crippen molar-refractivity contribution in [2.45, 2.75) is 70.1 Å². The van der Waals surface area contributed by atoms with Crippen LogP contribution in [-0.4, -0.2) is 45.1 Å². The number of nitrogens with zero attached hydrogens (tertiary/aromatic N) is 3. The first kappa shape index (κ1) is 23.8. The van der Waals surface area contributed by atoms with Crippen molar-refractivity contribution in [3.8, 4) is 6.01 Å². The fourth-order valence-electron chi connectivity index (χ4n) is 3.92. The van der Waals surface area contributed by atoms with Crippen molar-refractivity contribution >= 4 is 11.8 Å². The van der Waals surface area contributed by atoms with E-state index in [1.807, 2.05) is 6.07 Å². The number of anilines is 1. The van der Waals surface area contributed by atoms with Crippen LogP contribution in [0.5, 0.6) is 6.01 Å². The maximum absolute atomic E-state index is 14.7. The molecule has 0 spiro atoms. The Hall–Kier alpha value is -2.84. The van der Waals surface area contributed by atoms with Crippen LogP contribution >= 0.6 is 0 Å². The maximum atomic E-state index is 14.7. The molecule has 7 nitrogen and oxygen atoms in total. The van der Waals surface area contributed by atoms with Crippen molar-refractivity contribution in [3.05, 3.63) is 41.3 Å². The summed E-state index contributed by atoms with van der Waals surface area (Å²) in [6.07, 6.45) is 5.15. The number of carbonyl (C=O) groups is 1. The largest absolute Gasteiger partial charge is 0.481 e. The van der Waals surface area contributed by atoms with Crippen molar-refractivity contribution in [1.29, 1.82) is 0 Å². The third-order valence-corrected chi connectivity index (χ3v) is 5.54. The van der Waals surface area contributed by atoms with E-state index >= 15 is 0 Å². The van der Waals surface area contributed by atoms with Gasteiger partial charge in [-0.15, -0.1) is 0 Å². The SMILES string of the molecule is CCOc1ncc(C(CC(=O)O)CC(F)(F)CCCCc2ccc3c(n2)NCCC3)cn1. The average molecular weight is 449 g/mol. The highest BCUT2D eigenvalue weighted by atomic mass is 19.3. The average Bonchev–Trinajstić information content (AvgIpc) is 2.76. The minimum Gasteiger partial charge on any atom is -0.481 e. The van der Waals surface area contributed by atoms with E-state index in [0.717, 1.165) is 30.9 Å². The van der Waals surface area contributed by atoms with Gasteiger partial charge in [0.05, 0.1) is 13.0 Å². The second kappa shape index (κ2) is 11.2. The Kier molecular flexibility index (Phi) is 8.30. The summed E-state index contributed by atoms with van der Waals surface area (Å²) < 4.78 is 34.5. The van der Waals surface area contributed by atoms with Crippen LogP contribution in [0.2, 0.25) is 0 Å². The van der Waals surface area contributed by atoms with Crippen LogP contribution in [0.4, 0.5) is 14.6 Å². The van der Waals surface area contributed by atoms with Gasteiger partial charge in [-0.3, -0.25) is 4.79 Å². The monoisotopic (exact) mass is 448 g/mol. The van der Waals surface area contributed by atoms with E-state index < -0.39 is 30.7 Å². The zero-order valence-corrected chi connectivity index (χ0v) is 18.3. The van der Waals surface area contributed by atoms with Gasteiger partial charge >= 0.3 is 12.0 Å². The smallest absolute Gasteiger partial charge is 0.316 e. The molecule has 0 aliphatic carbocycles. The molecular formula is C23H30F2N4O3. The molecule has 1 aliphatic heterocycles. The van der Waals surface area contributed by atoms with E-state index in [4.69, 9.17) is 4.74 Å². The first-order valence-corrected chi connectivity index (χ1v) is 11.1. The number of hydrogen-bond donors (Lipinski definition) is 2. The molecule has 1 atom stereocenters. The molecule has 0 saturated heterocycles. The predicted molar refractivity (Wildman–Crippen MR) is 116 cm³/mol. The van der Waals surface area contributed by atoms with Crippen molar-refractivity contribution in [2.24, 2.45) is 0 Å². The van der Waals surface area contributed by atoms with Crippen molar-refractivity contribution in [3.63, 3.8) is 0 Å². The van der Waals surface area contributed by atoms with E-state index in [-0.39, 0.29) is 12.4 Å². The van der Waals surface area contributed by atoms with E-state index in [2.05, 4.69) is 26.3 Å². The molecule has 2 N–H and O–H groups in total. The number of nitrogens with one attached hydrogen (secondary N) is 1. The highest BCUT2D eigenvalue weighted by Crippen LogP contribution is 2.36. The number of pyridine rings is 1. The lowest BCUT2D eigenvalue weighted by Gasteiger charge is -2.22. The molecule has 0 aromatic carbocycles. The molecule has 2 aromatic heterocycles. The summed E-state index contributed by atoms with van der Waals surface area (Å²) in [7, 11) is 0. The number of carboxylic acid groups (broad SMARTS) is 1. The molecular weight excluding hydrogens is 418 g/mol. The number of carboxylic acids is 1. The van der Waals surface area contributed by atoms with Crippen LogP contribution in [0.15, 0.2) is 24.5 Å². The fraction of sp³-hybridized carbons (Fsp3) is 0.565. The third kappa shape index (κ3) is 7.10. The van der Waals surface area contributed by atoms with Crippen LogP contribution < -0.4 is 10.1 Å². The number of unbranched alkanes of at least 4 members (excludes halogenated alkanes) is 1. The molecule has 1 aliphatic rings. The quantitative estimate of drug-likeness (QED) is 0.457. The van der Waals surface area contributed by atoms with Crippen LogP contribution in [0.25, 0.3) is 0 Å². The Morgan fingerprint density at radius 3 is 2.78 bits per heavy atom. The lowest BCUT2D eigenvalue weighted by atomic mass is 9.89. The summed E-state index contributed by atoms with van der Waals surface area (Å²) >= 11 is 0. The molecule has 3 heterocycles. The Labute approximate surface area is 186 Å². The van der Waals surface area contributed by atoms with Gasteiger partial charge in [0.15, 0.2) is 0 Å². The van der Waals surface area contributed by atoms with E-state index in [1.54, 1.807) is 6.92 Å². The number of rotatable bonds is 12. The number of fused-ring (bicyclic) bond motifs is 1. The highest BCUT2D eigenvalue weighted by Gasteiger charge is 2.34. The first-order valence-electron chi connectivity index (χ1n) is 11.1. The minimum absolute atomic E-state index is 0.142. The molecule has 2 aromatic rings. The summed E-state index contributed by atoms with van der Waals surface area (Å²) in [5.74, 6) is -4.07. The van der Waals surface area contributed by atoms with Crippen molar-refractivity contribution < 1.29 is 23.4 Å². The molecule has 1 unspecified atom stereocenters. The Morgan fingerprint density at radius 2 is 2.06 bits per heavy atom. The summed E-state index contributed by atoms with van der Waals surface area (Å²) in [5, 5.41) is 12.5. The van der Waals surface area contributed by atoms with Gasteiger partial charge in [-0.05, 0) is 56.2 Å². The van der Waals surface area contributed by atoms with Gasteiger partial charge in [-0.1, -0.05) is 6.07 Å². The van der Waals surface area contributed by atoms with E-state index in [1.165, 1.54) is 18.0 Å². The van der Waals surface area contributed by atoms with E-state index in [0.29, 0.717) is 31.4 Å². The molecule has 0 radical (unpaired) electrons. The van der Waals surface area contributed by atoms with Gasteiger partial charge in [-0.2, -0.15) is 0 Å². The van der Waals surface area contributed by atoms with E-state index in [9.17, 15) is 18.7 Å². The van der Waals surface area contributed by atoms with Gasteiger partial charge in [0, 0.05) is 43.4 Å². The van der Waals surface area contributed by atoms with Gasteiger partial charge in [0.25, 0.3) is 0 Å². The fourth-order valence-corrected chi connectivity index (χ4v) is 3.92. The first-order chi connectivity index (χ1) is 15.4. The van der Waals surface area contributed by atoms with Gasteiger partial charge in [-0.25, -0.2) is 23.7 Å². The molecule has 3 rings (SSSR count). The minimum atomic E-state index is -2.98. The molecule has 32 heavy (non-hydrogen) atoms. The van der Waals surface area contributed by atoms with Crippen LogP contribution in [-0.2, 0) is 17.6 Å². The number of aliphatic carboxylic acids is 1. The summed E-state index contributed by atoms with van der Waals surface area (Å²) in [4.78, 5) is 23.8. The number of ether oxygens (including phenoxy) is 1. The number of halogens is 2. The Balaban J connectivity index is 1.52. The summed E-state index contributed by atoms with van der Waals surface area (Å²) in [5.41, 5.74) is 2.48. The maximum Gasteiger partial charge on any atom is 0.316 e. The molecule has 0 amide bonds. The molecule has 174 valence electrons. The number of hydrogen-bond acceptors (Lipinski definition) is 6. The van der Waals surface area contributed by atoms with Gasteiger partial charge in [0.1, 0.15) is 5.82 Å². The van der Waals surface area contributed by atoms with Crippen molar-refractivity contribution in [1.82, 2.24) is 15.0 Å². The number of aromatic nitrogens is 3. The third-order valence-electron chi connectivity index (χ3n) is 5.54. The molecule has 9 heteroatoms. The Morgan fingerprint density at radius 1 is 1.28 bits per heavy atom. The standard InChI is InChI=1S/C23H30F2N4O3/c1-2-32-22-27-14-18(15-28-22)17(12-20(30)31)13-23(24,25)10-4-3-7-19-9-8-16-6-5-11-26-21(16)29-19/h8-9,14-15,17H,2-7,10-13H2,1H3,(H,26,29)(H,30,31). The zero-order valence-electron chi connectivity index (χ0n) is 18.3. The molecule has 0 fully saturated rings. The lowest BCUT2D eigenvalue weighted by molar-refractivity contribution is -0.138. The zero-order chi connectivity index (χ0) is 23.0. The van der Waals surface area contributed by atoms with Crippen LogP contribution in [0, 0.1) is 0 Å². The second-order valence-corrected chi connectivity index (χ2v) is 8.13. The van der Waals surface area contributed by atoms with Crippen LogP contribution in [0.3, 0.4) is 0 Å². The predicted octanol–water partition coefficient (Wildman–Crippen LogP) is 4.63. The summed E-state index contributed by atoms with van der Waals surface area (Å²) in [6, 6.07) is 4.18. The normalized spacial score (nSPS) is 14.3. The Bertz CT molecular complexity index is 893.